The number of anilines is 4. The summed E-state index contributed by atoms with van der Waals surface area (Å²) >= 11 is 0. The van der Waals surface area contributed by atoms with Crippen LogP contribution in [0.2, 0.25) is 0 Å². The molecule has 11 N–H and O–H groups in total. The number of nitrogen functional groups attached to an aromatic ring is 3. The van der Waals surface area contributed by atoms with Crippen LogP contribution in [0.5, 0.6) is 0 Å². The molecule has 220 valence electrons. The minimum Gasteiger partial charge on any atom is -0.397 e. The van der Waals surface area contributed by atoms with E-state index in [1.54, 1.807) is 37.3 Å². The van der Waals surface area contributed by atoms with Crippen LogP contribution in [0.15, 0.2) is 36.4 Å². The number of hydrogen-bond donors (Lipinski definition) is 6. The fourth-order valence-electron chi connectivity index (χ4n) is 5.06. The molecule has 0 unspecified atom stereocenters. The van der Waals surface area contributed by atoms with Crippen LogP contribution in [0, 0.1) is 5.41 Å². The number of amides is 4. The first kappa shape index (κ1) is 30.7. The molecule has 13 heteroatoms. The van der Waals surface area contributed by atoms with Crippen molar-refractivity contribution in [3.63, 3.8) is 0 Å². The topological polar surface area (TPSA) is 240 Å². The Kier molecular flexibility index (Phi) is 9.10. The Bertz CT molecular complexity index is 1370. The van der Waals surface area contributed by atoms with Gasteiger partial charge in [-0.2, -0.15) is 0 Å². The van der Waals surface area contributed by atoms with Gasteiger partial charge in [0.25, 0.3) is 11.8 Å². The van der Waals surface area contributed by atoms with Gasteiger partial charge in [-0.1, -0.05) is 31.9 Å². The smallest absolute Gasteiger partial charge is 0.397 e. The summed E-state index contributed by atoms with van der Waals surface area (Å²) in [7, 11) is 0. The van der Waals surface area contributed by atoms with Crippen molar-refractivity contribution in [1.82, 2.24) is 4.90 Å². The summed E-state index contributed by atoms with van der Waals surface area (Å²) in [6.07, 6.45) is 5.06. The zero-order valence-corrected chi connectivity index (χ0v) is 23.2. The summed E-state index contributed by atoms with van der Waals surface area (Å²) in [5, 5.41) is 2.82. The Morgan fingerprint density at radius 1 is 0.829 bits per heavy atom. The van der Waals surface area contributed by atoms with Crippen molar-refractivity contribution in [2.45, 2.75) is 57.9 Å². The highest BCUT2D eigenvalue weighted by atomic mass is 16.6. The van der Waals surface area contributed by atoms with Crippen LogP contribution in [0.25, 0.3) is 0 Å². The molecule has 1 aliphatic carbocycles. The van der Waals surface area contributed by atoms with Gasteiger partial charge in [-0.15, -0.1) is 0 Å². The van der Waals surface area contributed by atoms with Gasteiger partial charge in [-0.3, -0.25) is 19.3 Å². The highest BCUT2D eigenvalue weighted by Gasteiger charge is 2.54. The molecule has 2 aromatic carbocycles. The Labute approximate surface area is 237 Å². The van der Waals surface area contributed by atoms with E-state index in [2.05, 4.69) is 10.1 Å². The zero-order chi connectivity index (χ0) is 30.5. The number of carbonyl (C=O) groups excluding carboxylic acids is 5. The molecule has 2 aliphatic heterocycles. The molecule has 1 atom stereocenters. The van der Waals surface area contributed by atoms with Crippen molar-refractivity contribution in [1.29, 1.82) is 0 Å². The number of esters is 1. The lowest BCUT2D eigenvalue weighted by atomic mass is 9.87. The second kappa shape index (κ2) is 12.1. The van der Waals surface area contributed by atoms with Gasteiger partial charge in [-0.25, -0.2) is 9.59 Å². The maximum atomic E-state index is 12.3. The Morgan fingerprint density at radius 3 is 1.93 bits per heavy atom. The van der Waals surface area contributed by atoms with E-state index < -0.39 is 23.4 Å². The van der Waals surface area contributed by atoms with Crippen LogP contribution in [-0.2, 0) is 14.3 Å². The largest absolute Gasteiger partial charge is 0.418 e. The molecule has 4 amide bonds. The van der Waals surface area contributed by atoms with Crippen molar-refractivity contribution in [2.24, 2.45) is 16.9 Å². The number of cyclic esters (lactones) is 2. The maximum Gasteiger partial charge on any atom is 0.418 e. The molecule has 0 aromatic heterocycles. The number of nitrogens with two attached hydrogens (primary N) is 5. The van der Waals surface area contributed by atoms with Crippen LogP contribution in [-0.4, -0.2) is 46.8 Å². The van der Waals surface area contributed by atoms with Gasteiger partial charge in [0, 0.05) is 12.0 Å². The second-order valence-corrected chi connectivity index (χ2v) is 10.7. The van der Waals surface area contributed by atoms with Gasteiger partial charge < -0.3 is 38.7 Å². The third kappa shape index (κ3) is 6.51. The lowest BCUT2D eigenvalue weighted by molar-refractivity contribution is -0.139. The molecule has 0 bridgehead atoms. The predicted octanol–water partition coefficient (Wildman–Crippen LogP) is 2.35. The number of benzene rings is 2. The number of primary amides is 2. The van der Waals surface area contributed by atoms with Crippen LogP contribution >= 0.6 is 0 Å². The minimum atomic E-state index is -0.642. The number of hydrogen-bond acceptors (Lipinski definition) is 9. The second-order valence-electron chi connectivity index (χ2n) is 10.7. The SMILES string of the molecule is CC1(C(=O)Nc2cccc(C(N)=O)c2N)CCCC1.C[C@]12CCCN1C(=O)OC2=O.NC(=O)c1cccc(N)c1N. The molecule has 2 saturated heterocycles. The molecule has 0 radical (unpaired) electrons. The summed E-state index contributed by atoms with van der Waals surface area (Å²) < 4.78 is 4.48. The van der Waals surface area contributed by atoms with Gasteiger partial charge in [0.05, 0.1) is 33.9 Å². The minimum absolute atomic E-state index is 0.0432. The summed E-state index contributed by atoms with van der Waals surface area (Å²) in [4.78, 5) is 57.7. The molecule has 3 fully saturated rings. The number of fused-ring (bicyclic) bond motifs is 1. The standard InChI is InChI=1S/C14H19N3O2.C7H9N3O.C7H9NO3/c1-14(7-2-3-8-14)13(19)17-10-6-4-5-9(11(10)15)12(16)18;8-5-3-1-2-4(6(5)9)7(10)11;1-7-3-2-4-8(7)6(10)11-5(7)9/h4-6H,2-3,7-8,15H2,1H3,(H2,16,18)(H,17,19);1-3H,8-9H2,(H2,10,11);2-4H2,1H3/t;;7-/m..1/s1. The molecule has 3 aliphatic rings. The highest BCUT2D eigenvalue weighted by Crippen LogP contribution is 2.39. The number of para-hydroxylation sites is 2. The van der Waals surface area contributed by atoms with E-state index in [0.29, 0.717) is 17.9 Å². The zero-order valence-electron chi connectivity index (χ0n) is 23.2. The van der Waals surface area contributed by atoms with Gasteiger partial charge in [-0.05, 0) is 56.9 Å². The van der Waals surface area contributed by atoms with E-state index in [4.69, 9.17) is 28.7 Å². The van der Waals surface area contributed by atoms with E-state index in [-0.39, 0.29) is 39.8 Å². The summed E-state index contributed by atoms with van der Waals surface area (Å²) in [6.45, 7) is 4.37. The van der Waals surface area contributed by atoms with Crippen LogP contribution in [0.1, 0.15) is 73.1 Å². The maximum absolute atomic E-state index is 12.3. The fraction of sp³-hybridized carbons (Fsp3) is 0.393. The van der Waals surface area contributed by atoms with Crippen molar-refractivity contribution >= 4 is 52.5 Å². The van der Waals surface area contributed by atoms with E-state index >= 15 is 0 Å². The molecule has 2 heterocycles. The lowest BCUT2D eigenvalue weighted by Crippen LogP contribution is -2.41. The normalized spacial score (nSPS) is 20.1. The number of nitrogens with one attached hydrogen (secondary N) is 1. The molecular formula is C28H37N7O6. The molecule has 5 rings (SSSR count). The van der Waals surface area contributed by atoms with Gasteiger partial charge >= 0.3 is 12.1 Å². The van der Waals surface area contributed by atoms with Gasteiger partial charge in [0.2, 0.25) is 5.91 Å². The number of nitrogens with zero attached hydrogens (tertiary/aromatic N) is 1. The van der Waals surface area contributed by atoms with E-state index in [1.807, 2.05) is 6.92 Å². The average Bonchev–Trinajstić information content (AvgIpc) is 3.59. The Morgan fingerprint density at radius 2 is 1.39 bits per heavy atom. The van der Waals surface area contributed by atoms with Crippen LogP contribution < -0.4 is 34.0 Å². The first-order chi connectivity index (χ1) is 19.2. The summed E-state index contributed by atoms with van der Waals surface area (Å²) in [5.41, 5.74) is 27.8. The van der Waals surface area contributed by atoms with Gasteiger partial charge in [0.1, 0.15) is 5.54 Å². The average molecular weight is 568 g/mol. The number of ether oxygens (including phenoxy) is 1. The molecule has 13 nitrogen and oxygen atoms in total. The molecular weight excluding hydrogens is 530 g/mol. The van der Waals surface area contributed by atoms with Gasteiger partial charge in [0.15, 0.2) is 0 Å². The monoisotopic (exact) mass is 567 g/mol. The first-order valence-electron chi connectivity index (χ1n) is 13.2. The van der Waals surface area contributed by atoms with Crippen molar-refractivity contribution in [3.05, 3.63) is 47.5 Å². The predicted molar refractivity (Wildman–Crippen MR) is 154 cm³/mol. The molecule has 41 heavy (non-hydrogen) atoms. The van der Waals surface area contributed by atoms with Crippen molar-refractivity contribution < 1.29 is 28.7 Å². The number of rotatable bonds is 4. The van der Waals surface area contributed by atoms with Crippen LogP contribution in [0.4, 0.5) is 27.5 Å². The Balaban J connectivity index is 0.000000180. The van der Waals surface area contributed by atoms with E-state index in [1.165, 1.54) is 11.0 Å². The number of carbonyl (C=O) groups is 5. The third-order valence-corrected chi connectivity index (χ3v) is 7.76. The highest BCUT2D eigenvalue weighted by molar-refractivity contribution is 6.04. The molecule has 1 saturated carbocycles. The van der Waals surface area contributed by atoms with E-state index in [9.17, 15) is 24.0 Å². The quantitative estimate of drug-likeness (QED) is 0.180. The van der Waals surface area contributed by atoms with Crippen LogP contribution in [0.3, 0.4) is 0 Å². The first-order valence-corrected chi connectivity index (χ1v) is 13.2. The lowest BCUT2D eigenvalue weighted by Gasteiger charge is -2.23. The van der Waals surface area contributed by atoms with Crippen molar-refractivity contribution in [2.75, 3.05) is 29.1 Å². The summed E-state index contributed by atoms with van der Waals surface area (Å²) in [5.74, 6) is -1.59. The van der Waals surface area contributed by atoms with E-state index in [0.717, 1.165) is 38.5 Å². The molecule has 2 aromatic rings. The summed E-state index contributed by atoms with van der Waals surface area (Å²) in [6, 6.07) is 9.66. The fourth-order valence-corrected chi connectivity index (χ4v) is 5.06. The van der Waals surface area contributed by atoms with Crippen molar-refractivity contribution in [3.8, 4) is 0 Å². The molecule has 0 spiro atoms. The Hall–Kier alpha value is -4.81. The third-order valence-electron chi connectivity index (χ3n) is 7.76.